The third-order valence-corrected chi connectivity index (χ3v) is 3.82. The van der Waals surface area contributed by atoms with E-state index in [2.05, 4.69) is 25.6 Å². The molecule has 1 atom stereocenters. The Bertz CT molecular complexity index is 735. The van der Waals surface area contributed by atoms with Gasteiger partial charge in [0.05, 0.1) is 0 Å². The van der Waals surface area contributed by atoms with Gasteiger partial charge in [-0.2, -0.15) is 0 Å². The number of hydrogen-bond donors (Lipinski definition) is 4. The normalized spacial score (nSPS) is 10.8. The Morgan fingerprint density at radius 1 is 0.909 bits per heavy atom. The Morgan fingerprint density at radius 2 is 1.39 bits per heavy atom. The quantitative estimate of drug-likeness (QED) is 0.358. The molecule has 0 saturated carbocycles. The van der Waals surface area contributed by atoms with Crippen molar-refractivity contribution < 1.29 is 39.1 Å². The second-order valence-corrected chi connectivity index (χ2v) is 7.50. The van der Waals surface area contributed by atoms with Crippen LogP contribution in [0.25, 0.3) is 0 Å². The lowest BCUT2D eigenvalue weighted by Crippen LogP contribution is -2.35. The fraction of sp³-hybridized carbons (Fsp3) is 0.565. The highest BCUT2D eigenvalue weighted by molar-refractivity contribution is 5.99. The Morgan fingerprint density at radius 3 is 1.79 bits per heavy atom. The van der Waals surface area contributed by atoms with Crippen LogP contribution in [0.1, 0.15) is 82.0 Å². The summed E-state index contributed by atoms with van der Waals surface area (Å²) in [5.74, 6) is -3.01. The zero-order chi connectivity index (χ0) is 26.0. The minimum atomic E-state index is -1.26. The van der Waals surface area contributed by atoms with Crippen molar-refractivity contribution in [2.45, 2.75) is 67.4 Å². The van der Waals surface area contributed by atoms with Crippen LogP contribution in [0.15, 0.2) is 24.3 Å². The third kappa shape index (κ3) is 16.3. The van der Waals surface area contributed by atoms with Crippen LogP contribution in [0.2, 0.25) is 0 Å². The standard InChI is InChI=1S/C16H20N2O8.C5H12.C2H6/c1-9(2)6-12(16(23)24)26-18-15(22)11-5-3-4-10(7-11)14(21)17-25-8-13(19)20;1-4-5(2)3;1-2/h3-5,7,9,12H,6,8H2,1-2H3,(H,17,21)(H,18,22)(H,19,20)(H,23,24);5H,4H2,1-3H3;1-2H3. The van der Waals surface area contributed by atoms with Crippen molar-refractivity contribution in [3.05, 3.63) is 35.4 Å². The molecule has 0 aliphatic rings. The number of hydroxylamine groups is 2. The van der Waals surface area contributed by atoms with E-state index in [9.17, 15) is 19.2 Å². The largest absolute Gasteiger partial charge is 0.479 e. The van der Waals surface area contributed by atoms with Gasteiger partial charge in [-0.25, -0.2) is 20.5 Å². The summed E-state index contributed by atoms with van der Waals surface area (Å²) in [4.78, 5) is 54.7. The van der Waals surface area contributed by atoms with Gasteiger partial charge in [0, 0.05) is 11.1 Å². The maximum absolute atomic E-state index is 12.1. The van der Waals surface area contributed by atoms with E-state index in [0.717, 1.165) is 5.92 Å². The van der Waals surface area contributed by atoms with E-state index in [4.69, 9.17) is 15.1 Å². The second kappa shape index (κ2) is 18.6. The maximum atomic E-state index is 12.1. The molecule has 1 unspecified atom stereocenters. The number of nitrogens with one attached hydrogen (secondary N) is 2. The first kappa shape index (κ1) is 32.2. The Kier molecular flexibility index (Phi) is 18.1. The molecule has 0 fully saturated rings. The van der Waals surface area contributed by atoms with Crippen LogP contribution in [-0.2, 0) is 19.3 Å². The molecule has 10 heteroatoms. The van der Waals surface area contributed by atoms with Gasteiger partial charge < -0.3 is 10.2 Å². The number of benzene rings is 1. The zero-order valence-corrected chi connectivity index (χ0v) is 20.5. The van der Waals surface area contributed by atoms with Crippen molar-refractivity contribution in [1.29, 1.82) is 0 Å². The van der Waals surface area contributed by atoms with E-state index in [1.165, 1.54) is 30.7 Å². The molecule has 188 valence electrons. The van der Waals surface area contributed by atoms with E-state index in [1.807, 2.05) is 38.7 Å². The summed E-state index contributed by atoms with van der Waals surface area (Å²) >= 11 is 0. The summed E-state index contributed by atoms with van der Waals surface area (Å²) in [5, 5.41) is 17.5. The van der Waals surface area contributed by atoms with Crippen molar-refractivity contribution in [2.75, 3.05) is 6.61 Å². The molecular formula is C23H38N2O8. The predicted molar refractivity (Wildman–Crippen MR) is 123 cm³/mol. The lowest BCUT2D eigenvalue weighted by atomic mass is 10.1. The average molecular weight is 471 g/mol. The molecule has 33 heavy (non-hydrogen) atoms. The van der Waals surface area contributed by atoms with Crippen LogP contribution >= 0.6 is 0 Å². The highest BCUT2D eigenvalue weighted by atomic mass is 16.7. The fourth-order valence-corrected chi connectivity index (χ4v) is 1.84. The fourth-order valence-electron chi connectivity index (χ4n) is 1.84. The van der Waals surface area contributed by atoms with Crippen molar-refractivity contribution in [3.63, 3.8) is 0 Å². The van der Waals surface area contributed by atoms with Crippen LogP contribution in [0.4, 0.5) is 0 Å². The smallest absolute Gasteiger partial charge is 0.335 e. The molecule has 0 aliphatic carbocycles. The van der Waals surface area contributed by atoms with Crippen LogP contribution in [0, 0.1) is 11.8 Å². The molecule has 0 radical (unpaired) electrons. The van der Waals surface area contributed by atoms with Gasteiger partial charge in [-0.3, -0.25) is 19.3 Å². The Balaban J connectivity index is 0. The van der Waals surface area contributed by atoms with Crippen LogP contribution < -0.4 is 11.0 Å². The minimum absolute atomic E-state index is 0.0417. The Labute approximate surface area is 195 Å². The number of carboxylic acid groups (broad SMARTS) is 2. The molecular weight excluding hydrogens is 432 g/mol. The molecule has 1 aromatic carbocycles. The summed E-state index contributed by atoms with van der Waals surface area (Å²) < 4.78 is 0. The zero-order valence-electron chi connectivity index (χ0n) is 20.5. The minimum Gasteiger partial charge on any atom is -0.479 e. The molecule has 0 heterocycles. The first-order valence-electron chi connectivity index (χ1n) is 10.9. The number of carbonyl (C=O) groups is 4. The first-order chi connectivity index (χ1) is 15.5. The van der Waals surface area contributed by atoms with Gasteiger partial charge in [0.2, 0.25) is 0 Å². The highest BCUT2D eigenvalue weighted by Crippen LogP contribution is 2.09. The van der Waals surface area contributed by atoms with E-state index < -0.39 is 36.5 Å². The predicted octanol–water partition coefficient (Wildman–Crippen LogP) is 3.67. The average Bonchev–Trinajstić information content (AvgIpc) is 2.77. The van der Waals surface area contributed by atoms with Crippen molar-refractivity contribution in [1.82, 2.24) is 11.0 Å². The highest BCUT2D eigenvalue weighted by Gasteiger charge is 2.21. The molecule has 0 aromatic heterocycles. The topological polar surface area (TPSA) is 151 Å². The number of carboxylic acids is 2. The monoisotopic (exact) mass is 470 g/mol. The van der Waals surface area contributed by atoms with Gasteiger partial charge >= 0.3 is 11.9 Å². The molecule has 4 N–H and O–H groups in total. The SMILES string of the molecule is CC.CC(C)CC(ONC(=O)c1cccc(C(=O)NOCC(=O)O)c1)C(=O)O.CCC(C)C. The third-order valence-electron chi connectivity index (χ3n) is 3.82. The number of aliphatic carboxylic acids is 2. The van der Waals surface area contributed by atoms with Crippen LogP contribution in [0.3, 0.4) is 0 Å². The Hall–Kier alpha value is -2.98. The van der Waals surface area contributed by atoms with Crippen molar-refractivity contribution in [3.8, 4) is 0 Å². The van der Waals surface area contributed by atoms with Crippen LogP contribution in [-0.4, -0.2) is 46.7 Å². The molecule has 0 bridgehead atoms. The molecule has 0 spiro atoms. The molecule has 0 aliphatic heterocycles. The van der Waals surface area contributed by atoms with Gasteiger partial charge in [-0.05, 0) is 36.5 Å². The van der Waals surface area contributed by atoms with Gasteiger partial charge in [-0.15, -0.1) is 0 Å². The van der Waals surface area contributed by atoms with E-state index in [-0.39, 0.29) is 23.5 Å². The van der Waals surface area contributed by atoms with Crippen LogP contribution in [0.5, 0.6) is 0 Å². The number of amides is 2. The summed E-state index contributed by atoms with van der Waals surface area (Å²) in [6, 6.07) is 5.42. The molecule has 0 saturated heterocycles. The maximum Gasteiger partial charge on any atom is 0.335 e. The number of hydrogen-bond acceptors (Lipinski definition) is 6. The molecule has 2 amide bonds. The molecule has 1 rings (SSSR count). The number of rotatable bonds is 11. The van der Waals surface area contributed by atoms with Crippen molar-refractivity contribution >= 4 is 23.8 Å². The summed E-state index contributed by atoms with van der Waals surface area (Å²) in [7, 11) is 0. The lowest BCUT2D eigenvalue weighted by Gasteiger charge is -2.15. The molecule has 1 aromatic rings. The summed E-state index contributed by atoms with van der Waals surface area (Å²) in [5.41, 5.74) is 4.06. The second-order valence-electron chi connectivity index (χ2n) is 7.50. The van der Waals surface area contributed by atoms with Gasteiger partial charge in [0.25, 0.3) is 11.8 Å². The van der Waals surface area contributed by atoms with Gasteiger partial charge in [-0.1, -0.05) is 61.0 Å². The first-order valence-corrected chi connectivity index (χ1v) is 10.9. The van der Waals surface area contributed by atoms with E-state index >= 15 is 0 Å². The van der Waals surface area contributed by atoms with E-state index in [1.54, 1.807) is 0 Å². The van der Waals surface area contributed by atoms with Gasteiger partial charge in [0.15, 0.2) is 12.7 Å². The van der Waals surface area contributed by atoms with E-state index in [0.29, 0.717) is 0 Å². The number of carbonyl (C=O) groups excluding carboxylic acids is 2. The summed E-state index contributed by atoms with van der Waals surface area (Å²) in [6.07, 6.45) is 0.314. The lowest BCUT2D eigenvalue weighted by molar-refractivity contribution is -0.155. The van der Waals surface area contributed by atoms with Gasteiger partial charge in [0.1, 0.15) is 0 Å². The summed E-state index contributed by atoms with van der Waals surface area (Å²) in [6.45, 7) is 13.6. The van der Waals surface area contributed by atoms with Crippen molar-refractivity contribution in [2.24, 2.45) is 11.8 Å². The molecule has 10 nitrogen and oxygen atoms in total.